The highest BCUT2D eigenvalue weighted by Gasteiger charge is 2.32. The van der Waals surface area contributed by atoms with Crippen LogP contribution in [0.3, 0.4) is 0 Å². The van der Waals surface area contributed by atoms with Crippen LogP contribution in [0.1, 0.15) is 39.0 Å². The molecule has 88 valence electrons. The topological polar surface area (TPSA) is 44.3 Å². The maximum absolute atomic E-state index is 10.4. The fourth-order valence-corrected chi connectivity index (χ4v) is 2.64. The first-order chi connectivity index (χ1) is 7.18. The Balaban J connectivity index is 1.72. The van der Waals surface area contributed by atoms with Crippen molar-refractivity contribution in [3.8, 4) is 0 Å². The maximum atomic E-state index is 10.4. The third kappa shape index (κ3) is 3.16. The van der Waals surface area contributed by atoms with Crippen molar-refractivity contribution in [3.05, 3.63) is 0 Å². The quantitative estimate of drug-likeness (QED) is 0.651. The van der Waals surface area contributed by atoms with Crippen molar-refractivity contribution in [2.24, 2.45) is 5.92 Å². The van der Waals surface area contributed by atoms with E-state index in [0.29, 0.717) is 6.04 Å². The molecule has 3 nitrogen and oxygen atoms in total. The summed E-state index contributed by atoms with van der Waals surface area (Å²) >= 11 is 0. The average molecular weight is 212 g/mol. The van der Waals surface area contributed by atoms with E-state index >= 15 is 0 Å². The minimum atomic E-state index is -0.422. The van der Waals surface area contributed by atoms with Gasteiger partial charge in [0.25, 0.3) is 0 Å². The van der Waals surface area contributed by atoms with E-state index in [-0.39, 0.29) is 0 Å². The van der Waals surface area contributed by atoms with Crippen LogP contribution in [0.15, 0.2) is 0 Å². The number of aliphatic hydroxyl groups is 1. The van der Waals surface area contributed by atoms with Gasteiger partial charge >= 0.3 is 0 Å². The van der Waals surface area contributed by atoms with Crippen LogP contribution in [-0.2, 0) is 0 Å². The number of rotatable bonds is 3. The smallest absolute Gasteiger partial charge is 0.0771 e. The summed E-state index contributed by atoms with van der Waals surface area (Å²) in [6.45, 7) is 5.25. The van der Waals surface area contributed by atoms with Crippen LogP contribution in [0.2, 0.25) is 0 Å². The fourth-order valence-electron chi connectivity index (χ4n) is 2.64. The van der Waals surface area contributed by atoms with Crippen LogP contribution in [0.5, 0.6) is 0 Å². The maximum Gasteiger partial charge on any atom is 0.0771 e. The van der Waals surface area contributed by atoms with Gasteiger partial charge in [0, 0.05) is 19.1 Å². The molecule has 1 saturated heterocycles. The lowest BCUT2D eigenvalue weighted by Gasteiger charge is -2.35. The van der Waals surface area contributed by atoms with Gasteiger partial charge in [-0.25, -0.2) is 0 Å². The molecule has 1 saturated carbocycles. The zero-order chi connectivity index (χ0) is 10.7. The summed E-state index contributed by atoms with van der Waals surface area (Å²) in [6.07, 6.45) is 5.51. The van der Waals surface area contributed by atoms with Gasteiger partial charge in [-0.15, -0.1) is 0 Å². The molecule has 0 aromatic heterocycles. The van der Waals surface area contributed by atoms with Crippen LogP contribution in [0.4, 0.5) is 0 Å². The minimum absolute atomic E-state index is 0.422. The van der Waals surface area contributed by atoms with Gasteiger partial charge in [0.15, 0.2) is 0 Å². The first-order valence-corrected chi connectivity index (χ1v) is 6.34. The van der Waals surface area contributed by atoms with Crippen molar-refractivity contribution in [3.63, 3.8) is 0 Å². The predicted molar refractivity (Wildman–Crippen MR) is 61.9 cm³/mol. The Morgan fingerprint density at radius 1 is 1.33 bits per heavy atom. The number of hydrogen-bond acceptors (Lipinski definition) is 3. The number of hydrogen-bond donors (Lipinski definition) is 3. The van der Waals surface area contributed by atoms with Gasteiger partial charge in [-0.2, -0.15) is 0 Å². The van der Waals surface area contributed by atoms with E-state index in [2.05, 4.69) is 17.6 Å². The van der Waals surface area contributed by atoms with Gasteiger partial charge < -0.3 is 15.7 Å². The molecule has 1 aliphatic heterocycles. The van der Waals surface area contributed by atoms with Gasteiger partial charge in [0.05, 0.1) is 5.60 Å². The molecule has 0 aromatic rings. The van der Waals surface area contributed by atoms with Crippen molar-refractivity contribution >= 4 is 0 Å². The van der Waals surface area contributed by atoms with E-state index in [9.17, 15) is 5.11 Å². The lowest BCUT2D eigenvalue weighted by Crippen LogP contribution is -2.47. The Morgan fingerprint density at radius 3 is 2.67 bits per heavy atom. The SMILES string of the molecule is CC1CCC(O)(CNC2CCNC2)CC1. The second-order valence-electron chi connectivity index (χ2n) is 5.48. The molecule has 2 aliphatic rings. The highest BCUT2D eigenvalue weighted by molar-refractivity contribution is 4.89. The molecule has 1 aliphatic carbocycles. The lowest BCUT2D eigenvalue weighted by atomic mass is 9.79. The second kappa shape index (κ2) is 4.81. The van der Waals surface area contributed by atoms with Gasteiger partial charge in [-0.1, -0.05) is 6.92 Å². The van der Waals surface area contributed by atoms with E-state index in [1.807, 2.05) is 0 Å². The van der Waals surface area contributed by atoms with Gasteiger partial charge in [-0.05, 0) is 44.6 Å². The first kappa shape index (κ1) is 11.4. The zero-order valence-electron chi connectivity index (χ0n) is 9.76. The summed E-state index contributed by atoms with van der Waals surface area (Å²) < 4.78 is 0. The Morgan fingerprint density at radius 2 is 2.07 bits per heavy atom. The molecular weight excluding hydrogens is 188 g/mol. The molecule has 0 bridgehead atoms. The van der Waals surface area contributed by atoms with Crippen molar-refractivity contribution in [1.82, 2.24) is 10.6 Å². The molecule has 3 heteroatoms. The van der Waals surface area contributed by atoms with Crippen molar-refractivity contribution < 1.29 is 5.11 Å². The van der Waals surface area contributed by atoms with Crippen molar-refractivity contribution in [2.75, 3.05) is 19.6 Å². The molecular formula is C12H24N2O. The highest BCUT2D eigenvalue weighted by Crippen LogP contribution is 2.31. The Kier molecular flexibility index (Phi) is 3.65. The summed E-state index contributed by atoms with van der Waals surface area (Å²) in [5, 5.41) is 17.2. The molecule has 1 atom stereocenters. The number of nitrogens with one attached hydrogen (secondary N) is 2. The predicted octanol–water partition coefficient (Wildman–Crippen LogP) is 0.879. The van der Waals surface area contributed by atoms with Crippen LogP contribution in [0.25, 0.3) is 0 Å². The Bertz CT molecular complexity index is 194. The summed E-state index contributed by atoms with van der Waals surface area (Å²) in [6, 6.07) is 0.577. The monoisotopic (exact) mass is 212 g/mol. The van der Waals surface area contributed by atoms with Gasteiger partial charge in [0.2, 0.25) is 0 Å². The molecule has 2 rings (SSSR count). The Hall–Kier alpha value is -0.120. The van der Waals surface area contributed by atoms with Gasteiger partial charge in [0.1, 0.15) is 0 Å². The van der Waals surface area contributed by atoms with E-state index in [1.54, 1.807) is 0 Å². The molecule has 1 unspecified atom stereocenters. The molecule has 1 heterocycles. The van der Waals surface area contributed by atoms with Crippen molar-refractivity contribution in [2.45, 2.75) is 50.7 Å². The Labute approximate surface area is 92.6 Å². The molecule has 15 heavy (non-hydrogen) atoms. The van der Waals surface area contributed by atoms with E-state index in [0.717, 1.165) is 38.4 Å². The third-order valence-corrected chi connectivity index (χ3v) is 3.99. The molecule has 3 N–H and O–H groups in total. The zero-order valence-corrected chi connectivity index (χ0v) is 9.76. The molecule has 0 amide bonds. The molecule has 2 fully saturated rings. The summed E-state index contributed by atoms with van der Waals surface area (Å²) in [4.78, 5) is 0. The summed E-state index contributed by atoms with van der Waals surface area (Å²) in [7, 11) is 0. The summed E-state index contributed by atoms with van der Waals surface area (Å²) in [5.41, 5.74) is -0.422. The lowest BCUT2D eigenvalue weighted by molar-refractivity contribution is -0.00774. The normalized spacial score (nSPS) is 42.0. The molecule has 0 aromatic carbocycles. The fraction of sp³-hybridized carbons (Fsp3) is 1.00. The van der Waals surface area contributed by atoms with Gasteiger partial charge in [-0.3, -0.25) is 0 Å². The van der Waals surface area contributed by atoms with E-state index in [1.165, 1.54) is 19.3 Å². The van der Waals surface area contributed by atoms with Crippen LogP contribution < -0.4 is 10.6 Å². The molecule has 0 spiro atoms. The third-order valence-electron chi connectivity index (χ3n) is 3.99. The van der Waals surface area contributed by atoms with Crippen LogP contribution in [0, 0.1) is 5.92 Å². The standard InChI is InChI=1S/C12H24N2O/c1-10-2-5-12(15,6-3-10)9-14-11-4-7-13-8-11/h10-11,13-15H,2-9H2,1H3. The van der Waals surface area contributed by atoms with E-state index in [4.69, 9.17) is 0 Å². The van der Waals surface area contributed by atoms with Crippen LogP contribution >= 0.6 is 0 Å². The second-order valence-corrected chi connectivity index (χ2v) is 5.48. The van der Waals surface area contributed by atoms with Crippen molar-refractivity contribution in [1.29, 1.82) is 0 Å². The minimum Gasteiger partial charge on any atom is -0.389 e. The first-order valence-electron chi connectivity index (χ1n) is 6.34. The van der Waals surface area contributed by atoms with E-state index < -0.39 is 5.60 Å². The highest BCUT2D eigenvalue weighted by atomic mass is 16.3. The van der Waals surface area contributed by atoms with Crippen LogP contribution in [-0.4, -0.2) is 36.4 Å². The largest absolute Gasteiger partial charge is 0.389 e. The summed E-state index contributed by atoms with van der Waals surface area (Å²) in [5.74, 6) is 0.804. The molecule has 0 radical (unpaired) electrons. The average Bonchev–Trinajstić information content (AvgIpc) is 2.73.